The Morgan fingerprint density at radius 2 is 1.21 bits per heavy atom. The Bertz CT molecular complexity index is 2770. The Morgan fingerprint density at radius 3 is 1.80 bits per heavy atom. The maximum atomic E-state index is 14.7. The number of hydrogen-bond donors (Lipinski definition) is 14. The number of aliphatic hydroxyl groups is 1. The molecule has 1 aliphatic heterocycles. The van der Waals surface area contributed by atoms with E-state index in [2.05, 4.69) is 42.2 Å². The summed E-state index contributed by atoms with van der Waals surface area (Å²) in [5.41, 5.74) is 12.9. The fraction of sp³-hybridized carbons (Fsp3) is 0.380. The van der Waals surface area contributed by atoms with Crippen molar-refractivity contribution in [2.45, 2.75) is 100 Å². The number of nitrogens with zero attached hydrogens (tertiary/aromatic N) is 1. The third kappa shape index (κ3) is 16.8. The standard InChI is InChI=1S/C50H61N11O15/c1-26(62)43(60-40(65)23-51)48(73)54-25-41(66)55-33(19-28-13-15-30(63)16-14-28)44(69)58-36(21-39(52)64)47(72)57-35(20-29-24-53-32-11-6-5-10-31(29)32)46(71)56-34(18-27-8-3-2-4-9-27)45(70)59-37(22-42(67)68)49(74)61-17-7-12-38(61)50(75)76/h2-6,8-11,13-16,24,26,33-38,43,53,62-63H,7,12,17-23,25,51H2,1H3,(H2,52,64)(H,54,73)(H,55,66)(H,56,71)(H,57,72)(H,58,69)(H,59,70)(H,60,65)(H,67,68)(H,75,76)/t26-,33+,34+,35+,36+,37+,38+,43+/m1/s1. The summed E-state index contributed by atoms with van der Waals surface area (Å²) in [6.07, 6.45) is -2.08. The highest BCUT2D eigenvalue weighted by Crippen LogP contribution is 2.21. The van der Waals surface area contributed by atoms with Gasteiger partial charge in [-0.25, -0.2) is 4.79 Å². The zero-order valence-electron chi connectivity index (χ0n) is 41.2. The fourth-order valence-corrected chi connectivity index (χ4v) is 8.39. The first-order valence-electron chi connectivity index (χ1n) is 24.0. The van der Waals surface area contributed by atoms with Gasteiger partial charge in [-0.15, -0.1) is 0 Å². The van der Waals surface area contributed by atoms with Gasteiger partial charge in [0.1, 0.15) is 48.0 Å². The maximum Gasteiger partial charge on any atom is 0.326 e. The summed E-state index contributed by atoms with van der Waals surface area (Å²) in [5, 5.41) is 56.9. The van der Waals surface area contributed by atoms with Gasteiger partial charge >= 0.3 is 11.9 Å². The normalized spacial score (nSPS) is 15.8. The van der Waals surface area contributed by atoms with Gasteiger partial charge in [-0.05, 0) is 54.7 Å². The smallest absolute Gasteiger partial charge is 0.326 e. The number of para-hydroxylation sites is 1. The van der Waals surface area contributed by atoms with Crippen molar-refractivity contribution in [3.8, 4) is 5.75 Å². The molecule has 26 heteroatoms. The molecule has 1 saturated heterocycles. The van der Waals surface area contributed by atoms with E-state index in [1.54, 1.807) is 60.8 Å². The van der Waals surface area contributed by atoms with Gasteiger partial charge in [0.25, 0.3) is 0 Å². The highest BCUT2D eigenvalue weighted by atomic mass is 16.4. The molecule has 76 heavy (non-hydrogen) atoms. The molecular weight excluding hydrogens is 995 g/mol. The second kappa shape index (κ2) is 27.4. The van der Waals surface area contributed by atoms with Crippen LogP contribution in [0.15, 0.2) is 85.1 Å². The number of hydrogen-bond acceptors (Lipinski definition) is 14. The van der Waals surface area contributed by atoms with Gasteiger partial charge in [0, 0.05) is 42.9 Å². The topological polar surface area (TPSA) is 424 Å². The second-order valence-electron chi connectivity index (χ2n) is 18.0. The van der Waals surface area contributed by atoms with Crippen molar-refractivity contribution >= 4 is 76.0 Å². The van der Waals surface area contributed by atoms with Crippen LogP contribution in [0.1, 0.15) is 49.3 Å². The van der Waals surface area contributed by atoms with E-state index in [4.69, 9.17) is 11.5 Å². The lowest BCUT2D eigenvalue weighted by Gasteiger charge is -2.29. The summed E-state index contributed by atoms with van der Waals surface area (Å²) in [6.45, 7) is -0.108. The number of primary amides is 1. The molecule has 1 fully saturated rings. The van der Waals surface area contributed by atoms with Crippen LogP contribution in [0.2, 0.25) is 0 Å². The number of aliphatic carboxylic acids is 2. The maximum absolute atomic E-state index is 14.7. The monoisotopic (exact) mass is 1060 g/mol. The minimum atomic E-state index is -1.84. The first-order valence-corrected chi connectivity index (χ1v) is 24.0. The van der Waals surface area contributed by atoms with Gasteiger partial charge in [0.2, 0.25) is 53.2 Å². The molecule has 26 nitrogen and oxygen atoms in total. The molecule has 0 spiro atoms. The van der Waals surface area contributed by atoms with Gasteiger partial charge in [-0.3, -0.25) is 47.9 Å². The number of carbonyl (C=O) groups excluding carboxylic acids is 9. The van der Waals surface area contributed by atoms with Crippen LogP contribution in [-0.2, 0) is 72.0 Å². The molecule has 406 valence electrons. The SMILES string of the molecule is C[C@@H](O)[C@H](NC(=O)CN)C(=O)NCC(=O)N[C@@H](Cc1ccc(O)cc1)C(=O)N[C@@H](CC(N)=O)C(=O)N[C@@H](Cc1c[nH]c2ccccc12)C(=O)N[C@@H](Cc1ccccc1)C(=O)N[C@@H](CC(=O)O)C(=O)N1CCC[C@H]1C(=O)O. The van der Waals surface area contributed by atoms with Crippen LogP contribution in [0.5, 0.6) is 5.75 Å². The van der Waals surface area contributed by atoms with E-state index < -0.39 is 139 Å². The molecule has 9 amide bonds. The number of aromatic nitrogens is 1. The highest BCUT2D eigenvalue weighted by molar-refractivity contribution is 5.99. The molecule has 1 aromatic heterocycles. The van der Waals surface area contributed by atoms with Crippen LogP contribution in [0, 0.1) is 0 Å². The molecule has 16 N–H and O–H groups in total. The number of carboxylic acids is 2. The number of aliphatic hydroxyl groups excluding tert-OH is 1. The minimum absolute atomic E-state index is 0.0170. The lowest BCUT2D eigenvalue weighted by atomic mass is 10.0. The number of rotatable bonds is 27. The molecule has 5 rings (SSSR count). The van der Waals surface area contributed by atoms with Gasteiger partial charge < -0.3 is 79.0 Å². The van der Waals surface area contributed by atoms with E-state index in [9.17, 15) is 73.2 Å². The number of aromatic amines is 1. The number of fused-ring (bicyclic) bond motifs is 1. The number of H-pyrrole nitrogens is 1. The van der Waals surface area contributed by atoms with Crippen LogP contribution < -0.4 is 48.7 Å². The van der Waals surface area contributed by atoms with Crippen molar-refractivity contribution in [3.05, 3.63) is 102 Å². The molecule has 3 aromatic carbocycles. The third-order valence-corrected chi connectivity index (χ3v) is 12.2. The van der Waals surface area contributed by atoms with Gasteiger partial charge in [0.05, 0.1) is 32.0 Å². The van der Waals surface area contributed by atoms with Crippen LogP contribution in [0.4, 0.5) is 0 Å². The molecule has 4 aromatic rings. The molecular formula is C50H61N11O15. The number of aromatic hydroxyl groups is 1. The Hall–Kier alpha value is -8.91. The van der Waals surface area contributed by atoms with E-state index in [0.29, 0.717) is 34.0 Å². The van der Waals surface area contributed by atoms with Crippen molar-refractivity contribution in [1.82, 2.24) is 47.1 Å². The Kier molecular flexibility index (Phi) is 20.9. The van der Waals surface area contributed by atoms with Crippen LogP contribution in [0.25, 0.3) is 10.9 Å². The number of nitrogens with one attached hydrogen (secondary N) is 8. The molecule has 8 atom stereocenters. The zero-order valence-corrected chi connectivity index (χ0v) is 41.2. The highest BCUT2D eigenvalue weighted by Gasteiger charge is 2.40. The lowest BCUT2D eigenvalue weighted by molar-refractivity contribution is -0.150. The van der Waals surface area contributed by atoms with Crippen LogP contribution in [0.3, 0.4) is 0 Å². The first-order chi connectivity index (χ1) is 36.1. The number of likely N-dealkylation sites (tertiary alicyclic amines) is 1. The molecule has 1 aliphatic rings. The number of benzene rings is 3. The second-order valence-corrected chi connectivity index (χ2v) is 18.0. The molecule has 2 heterocycles. The molecule has 0 saturated carbocycles. The van der Waals surface area contributed by atoms with Crippen molar-refractivity contribution in [1.29, 1.82) is 0 Å². The van der Waals surface area contributed by atoms with Crippen LogP contribution in [-0.4, -0.2) is 163 Å². The summed E-state index contributed by atoms with van der Waals surface area (Å²) >= 11 is 0. The van der Waals surface area contributed by atoms with Crippen molar-refractivity contribution < 1.29 is 73.2 Å². The van der Waals surface area contributed by atoms with E-state index in [1.165, 1.54) is 31.2 Å². The number of carboxylic acid groups (broad SMARTS) is 2. The van der Waals surface area contributed by atoms with Crippen molar-refractivity contribution in [2.24, 2.45) is 11.5 Å². The Morgan fingerprint density at radius 1 is 0.658 bits per heavy atom. The average molecular weight is 1060 g/mol. The van der Waals surface area contributed by atoms with E-state index in [-0.39, 0.29) is 38.0 Å². The summed E-state index contributed by atoms with van der Waals surface area (Å²) in [7, 11) is 0. The van der Waals surface area contributed by atoms with Crippen LogP contribution >= 0.6 is 0 Å². The lowest BCUT2D eigenvalue weighted by Crippen LogP contribution is -2.61. The largest absolute Gasteiger partial charge is 0.508 e. The molecule has 0 aliphatic carbocycles. The number of phenolic OH excluding ortho intramolecular Hbond substituents is 1. The average Bonchev–Trinajstić information content (AvgIpc) is 4.05. The quantitative estimate of drug-likeness (QED) is 0.0278. The zero-order chi connectivity index (χ0) is 55.6. The fourth-order valence-electron chi connectivity index (χ4n) is 8.39. The van der Waals surface area contributed by atoms with Crippen molar-refractivity contribution in [3.63, 3.8) is 0 Å². The van der Waals surface area contributed by atoms with Gasteiger partial charge in [0.15, 0.2) is 0 Å². The molecule has 0 bridgehead atoms. The van der Waals surface area contributed by atoms with Gasteiger partial charge in [-0.1, -0.05) is 60.7 Å². The van der Waals surface area contributed by atoms with E-state index >= 15 is 0 Å². The summed E-state index contributed by atoms with van der Waals surface area (Å²) < 4.78 is 0. The Labute approximate surface area is 434 Å². The molecule has 0 unspecified atom stereocenters. The third-order valence-electron chi connectivity index (χ3n) is 12.2. The minimum Gasteiger partial charge on any atom is -0.508 e. The van der Waals surface area contributed by atoms with Gasteiger partial charge in [-0.2, -0.15) is 0 Å². The number of nitrogens with two attached hydrogens (primary N) is 2. The van der Waals surface area contributed by atoms with Crippen molar-refractivity contribution in [2.75, 3.05) is 19.6 Å². The number of carbonyl (C=O) groups is 11. The summed E-state index contributed by atoms with van der Waals surface area (Å²) in [6, 6.07) is 9.48. The predicted molar refractivity (Wildman–Crippen MR) is 268 cm³/mol. The first kappa shape index (κ1) is 58.0. The summed E-state index contributed by atoms with van der Waals surface area (Å²) in [5.74, 6) is -12.0. The number of phenols is 1. The molecule has 0 radical (unpaired) electrons. The van der Waals surface area contributed by atoms with E-state index in [1.807, 2.05) is 0 Å². The summed E-state index contributed by atoms with van der Waals surface area (Å²) in [4.78, 5) is 150. The Balaban J connectivity index is 1.43. The van der Waals surface area contributed by atoms with E-state index in [0.717, 1.165) is 4.90 Å². The predicted octanol–water partition coefficient (Wildman–Crippen LogP) is -3.31. The number of amides is 9.